The third-order valence-corrected chi connectivity index (χ3v) is 3.34. The molecule has 0 aromatic carbocycles. The Morgan fingerprint density at radius 1 is 1.09 bits per heavy atom. The van der Waals surface area contributed by atoms with E-state index in [9.17, 15) is 13.2 Å². The van der Waals surface area contributed by atoms with E-state index in [2.05, 4.69) is 0 Å². The lowest BCUT2D eigenvalue weighted by Crippen LogP contribution is -2.33. The fourth-order valence-corrected chi connectivity index (χ4v) is 2.59. The van der Waals surface area contributed by atoms with Gasteiger partial charge in [-0.2, -0.15) is 13.2 Å². The molecule has 2 saturated carbocycles. The maximum absolute atomic E-state index is 12.4. The average Bonchev–Trinajstić information content (AvgIpc) is 2.42. The van der Waals surface area contributed by atoms with Crippen molar-refractivity contribution in [3.8, 4) is 0 Å². The molecule has 0 spiro atoms. The van der Waals surface area contributed by atoms with Crippen molar-refractivity contribution in [1.82, 2.24) is 0 Å². The molecule has 0 aromatic rings. The van der Waals surface area contributed by atoms with Crippen molar-refractivity contribution in [2.24, 2.45) is 11.3 Å². The second-order valence-electron chi connectivity index (χ2n) is 3.93. The van der Waals surface area contributed by atoms with Crippen LogP contribution in [0.1, 0.15) is 32.1 Å². The van der Waals surface area contributed by atoms with Gasteiger partial charge in [0.05, 0.1) is 5.41 Å². The van der Waals surface area contributed by atoms with Crippen molar-refractivity contribution in [3.63, 3.8) is 0 Å². The fraction of sp³-hybridized carbons (Fsp3) is 1.00. The van der Waals surface area contributed by atoms with Crippen molar-refractivity contribution in [3.05, 3.63) is 0 Å². The lowest BCUT2D eigenvalue weighted by atomic mass is 9.84. The van der Waals surface area contributed by atoms with Gasteiger partial charge in [-0.15, -0.1) is 0 Å². The van der Waals surface area contributed by atoms with Crippen LogP contribution in [0.2, 0.25) is 0 Å². The molecule has 0 atom stereocenters. The molecule has 2 aliphatic carbocycles. The summed E-state index contributed by atoms with van der Waals surface area (Å²) in [6, 6.07) is 0. The summed E-state index contributed by atoms with van der Waals surface area (Å²) < 4.78 is 37.3. The first-order valence-corrected chi connectivity index (χ1v) is 4.10. The first-order chi connectivity index (χ1) is 5.04. The van der Waals surface area contributed by atoms with E-state index in [0.717, 1.165) is 12.8 Å². The van der Waals surface area contributed by atoms with Gasteiger partial charge in [-0.3, -0.25) is 0 Å². The first-order valence-electron chi connectivity index (χ1n) is 4.10. The minimum absolute atomic E-state index is 0.386. The highest BCUT2D eigenvalue weighted by Gasteiger charge is 2.60. The zero-order chi connectivity index (χ0) is 8.11. The molecule has 2 bridgehead atoms. The predicted octanol–water partition coefficient (Wildman–Crippen LogP) is 3.13. The van der Waals surface area contributed by atoms with Gasteiger partial charge in [-0.25, -0.2) is 0 Å². The van der Waals surface area contributed by atoms with Gasteiger partial charge in [0.1, 0.15) is 0 Å². The fourth-order valence-electron chi connectivity index (χ4n) is 2.59. The summed E-state index contributed by atoms with van der Waals surface area (Å²) in [6.07, 6.45) is -1.13. The first kappa shape index (κ1) is 7.44. The van der Waals surface area contributed by atoms with Crippen molar-refractivity contribution in [1.29, 1.82) is 0 Å². The SMILES string of the molecule is FC(F)(F)C12CCC(CC1)C2. The maximum Gasteiger partial charge on any atom is 0.394 e. The summed E-state index contributed by atoms with van der Waals surface area (Å²) >= 11 is 0. The Labute approximate surface area is 63.8 Å². The van der Waals surface area contributed by atoms with Crippen LogP contribution in [0, 0.1) is 11.3 Å². The molecule has 0 aromatic heterocycles. The zero-order valence-corrected chi connectivity index (χ0v) is 6.25. The normalized spacial score (nSPS) is 43.4. The zero-order valence-electron chi connectivity index (χ0n) is 6.25. The lowest BCUT2D eigenvalue weighted by Gasteiger charge is -2.28. The molecule has 0 unspecified atom stereocenters. The number of rotatable bonds is 0. The number of alkyl halides is 3. The largest absolute Gasteiger partial charge is 0.394 e. The Hall–Kier alpha value is -0.210. The van der Waals surface area contributed by atoms with Crippen molar-refractivity contribution in [2.45, 2.75) is 38.3 Å². The summed E-state index contributed by atoms with van der Waals surface area (Å²) in [5, 5.41) is 0. The Morgan fingerprint density at radius 2 is 1.64 bits per heavy atom. The summed E-state index contributed by atoms with van der Waals surface area (Å²) in [6.45, 7) is 0. The van der Waals surface area contributed by atoms with Crippen LogP contribution in [0.15, 0.2) is 0 Å². The molecule has 11 heavy (non-hydrogen) atoms. The van der Waals surface area contributed by atoms with E-state index in [1.165, 1.54) is 0 Å². The van der Waals surface area contributed by atoms with E-state index < -0.39 is 11.6 Å². The highest BCUT2D eigenvalue weighted by molar-refractivity contribution is 4.99. The summed E-state index contributed by atoms with van der Waals surface area (Å²) in [5.74, 6) is 0.386. The Bertz CT molecular complexity index is 163. The van der Waals surface area contributed by atoms with Crippen LogP contribution in [-0.4, -0.2) is 6.18 Å². The monoisotopic (exact) mass is 164 g/mol. The smallest absolute Gasteiger partial charge is 0.171 e. The summed E-state index contributed by atoms with van der Waals surface area (Å²) in [4.78, 5) is 0. The molecule has 2 rings (SSSR count). The highest BCUT2D eigenvalue weighted by Crippen LogP contribution is 2.61. The minimum atomic E-state index is -3.93. The Kier molecular flexibility index (Phi) is 1.31. The topological polar surface area (TPSA) is 0 Å². The predicted molar refractivity (Wildman–Crippen MR) is 35.1 cm³/mol. The molecule has 2 aliphatic rings. The second kappa shape index (κ2) is 1.93. The Morgan fingerprint density at radius 3 is 1.82 bits per heavy atom. The van der Waals surface area contributed by atoms with Crippen LogP contribution in [0.5, 0.6) is 0 Å². The van der Waals surface area contributed by atoms with E-state index in [-0.39, 0.29) is 0 Å². The quantitative estimate of drug-likeness (QED) is 0.516. The van der Waals surface area contributed by atoms with E-state index in [1.807, 2.05) is 0 Å². The standard InChI is InChI=1S/C8H11F3/c9-8(10,11)7-3-1-6(5-7)2-4-7/h6H,1-5H2. The van der Waals surface area contributed by atoms with Gasteiger partial charge in [0.2, 0.25) is 0 Å². The molecule has 0 nitrogen and oxygen atoms in total. The molecule has 0 N–H and O–H groups in total. The lowest BCUT2D eigenvalue weighted by molar-refractivity contribution is -0.220. The van der Waals surface area contributed by atoms with E-state index in [0.29, 0.717) is 25.2 Å². The van der Waals surface area contributed by atoms with Gasteiger partial charge < -0.3 is 0 Å². The summed E-state index contributed by atoms with van der Waals surface area (Å²) in [7, 11) is 0. The molecular weight excluding hydrogens is 153 g/mol. The highest BCUT2D eigenvalue weighted by atomic mass is 19.4. The Balaban J connectivity index is 2.23. The molecule has 0 saturated heterocycles. The van der Waals surface area contributed by atoms with E-state index in [1.54, 1.807) is 0 Å². The van der Waals surface area contributed by atoms with Crippen LogP contribution in [0.4, 0.5) is 13.2 Å². The van der Waals surface area contributed by atoms with Crippen molar-refractivity contribution >= 4 is 0 Å². The van der Waals surface area contributed by atoms with Gasteiger partial charge in [-0.1, -0.05) is 0 Å². The van der Waals surface area contributed by atoms with Crippen LogP contribution in [-0.2, 0) is 0 Å². The van der Waals surface area contributed by atoms with Gasteiger partial charge in [-0.05, 0) is 38.0 Å². The van der Waals surface area contributed by atoms with Gasteiger partial charge >= 0.3 is 6.18 Å². The average molecular weight is 164 g/mol. The molecular formula is C8H11F3. The van der Waals surface area contributed by atoms with Gasteiger partial charge in [0, 0.05) is 0 Å². The van der Waals surface area contributed by atoms with Crippen LogP contribution in [0.3, 0.4) is 0 Å². The number of halogens is 3. The number of hydrogen-bond acceptors (Lipinski definition) is 0. The molecule has 64 valence electrons. The van der Waals surface area contributed by atoms with Crippen LogP contribution in [0.25, 0.3) is 0 Å². The van der Waals surface area contributed by atoms with Crippen molar-refractivity contribution < 1.29 is 13.2 Å². The maximum atomic E-state index is 12.4. The summed E-state index contributed by atoms with van der Waals surface area (Å²) in [5.41, 5.74) is -1.25. The molecule has 0 aliphatic heterocycles. The number of hydrogen-bond donors (Lipinski definition) is 0. The van der Waals surface area contributed by atoms with Gasteiger partial charge in [0.15, 0.2) is 0 Å². The minimum Gasteiger partial charge on any atom is -0.171 e. The van der Waals surface area contributed by atoms with Crippen molar-refractivity contribution in [2.75, 3.05) is 0 Å². The third-order valence-electron chi connectivity index (χ3n) is 3.34. The van der Waals surface area contributed by atoms with Crippen LogP contribution < -0.4 is 0 Å². The molecule has 0 radical (unpaired) electrons. The molecule has 2 fully saturated rings. The molecule has 3 heteroatoms. The third kappa shape index (κ3) is 0.893. The molecule has 0 heterocycles. The van der Waals surface area contributed by atoms with E-state index >= 15 is 0 Å². The second-order valence-corrected chi connectivity index (χ2v) is 3.93. The van der Waals surface area contributed by atoms with E-state index in [4.69, 9.17) is 0 Å². The van der Waals surface area contributed by atoms with Crippen LogP contribution >= 0.6 is 0 Å². The van der Waals surface area contributed by atoms with Gasteiger partial charge in [0.25, 0.3) is 0 Å². The number of fused-ring (bicyclic) bond motifs is 2. The molecule has 0 amide bonds.